The molecular formula is C21H26ClN3O2Si. The van der Waals surface area contributed by atoms with Crippen LogP contribution in [0.3, 0.4) is 0 Å². The van der Waals surface area contributed by atoms with Crippen molar-refractivity contribution in [2.45, 2.75) is 52.1 Å². The molecule has 0 N–H and O–H groups in total. The number of pyridine rings is 1. The average molecular weight is 416 g/mol. The van der Waals surface area contributed by atoms with Crippen LogP contribution in [0, 0.1) is 0 Å². The molecule has 3 rings (SSSR count). The van der Waals surface area contributed by atoms with Crippen molar-refractivity contribution in [1.82, 2.24) is 15.2 Å². The van der Waals surface area contributed by atoms with Crippen LogP contribution in [0.4, 0.5) is 0 Å². The molecule has 1 aromatic carbocycles. The fraction of sp³-hybridized carbons (Fsp3) is 0.381. The normalized spacial score (nSPS) is 12.4. The van der Waals surface area contributed by atoms with Crippen LogP contribution in [-0.2, 0) is 17.6 Å². The predicted octanol–water partition coefficient (Wildman–Crippen LogP) is 5.78. The van der Waals surface area contributed by atoms with E-state index in [0.29, 0.717) is 24.2 Å². The van der Waals surface area contributed by atoms with Crippen molar-refractivity contribution < 1.29 is 9.16 Å². The lowest BCUT2D eigenvalue weighted by Crippen LogP contribution is -2.40. The van der Waals surface area contributed by atoms with Gasteiger partial charge in [-0.15, -0.1) is 10.2 Å². The minimum atomic E-state index is -1.81. The molecule has 28 heavy (non-hydrogen) atoms. The number of hydrogen-bond acceptors (Lipinski definition) is 5. The summed E-state index contributed by atoms with van der Waals surface area (Å²) in [6.45, 7) is 12.0. The Hall–Kier alpha value is -2.02. The molecule has 0 unspecified atom stereocenters. The molecule has 0 spiro atoms. The summed E-state index contributed by atoms with van der Waals surface area (Å²) < 4.78 is 12.2. The summed E-state index contributed by atoms with van der Waals surface area (Å²) in [5.41, 5.74) is 1.72. The molecule has 2 heterocycles. The van der Waals surface area contributed by atoms with Gasteiger partial charge < -0.3 is 9.16 Å². The summed E-state index contributed by atoms with van der Waals surface area (Å²) in [5.74, 6) is 0.449. The monoisotopic (exact) mass is 415 g/mol. The smallest absolute Gasteiger partial charge is 0.241 e. The van der Waals surface area contributed by atoms with E-state index in [1.165, 1.54) is 0 Å². The third kappa shape index (κ3) is 4.69. The lowest BCUT2D eigenvalue weighted by molar-refractivity contribution is 0.267. The Bertz CT molecular complexity index is 973. The van der Waals surface area contributed by atoms with Crippen molar-refractivity contribution >= 4 is 30.7 Å². The molecule has 0 fully saturated rings. The molecule has 148 valence electrons. The highest BCUT2D eigenvalue weighted by molar-refractivity contribution is 6.74. The molecule has 0 aliphatic carbocycles. The molecule has 0 atom stereocenters. The topological polar surface area (TPSA) is 57.1 Å². The van der Waals surface area contributed by atoms with Crippen molar-refractivity contribution in [2.75, 3.05) is 0 Å². The first kappa shape index (κ1) is 20.7. The van der Waals surface area contributed by atoms with Crippen molar-refractivity contribution in [1.29, 1.82) is 0 Å². The minimum absolute atomic E-state index is 0.169. The van der Waals surface area contributed by atoms with Crippen LogP contribution in [0.2, 0.25) is 23.3 Å². The molecule has 0 saturated heterocycles. The van der Waals surface area contributed by atoms with Gasteiger partial charge in [0.05, 0.1) is 18.0 Å². The van der Waals surface area contributed by atoms with Crippen LogP contribution in [-0.4, -0.2) is 23.5 Å². The van der Waals surface area contributed by atoms with Crippen LogP contribution in [0.5, 0.6) is 5.88 Å². The van der Waals surface area contributed by atoms with E-state index in [1.807, 2.05) is 42.5 Å². The molecule has 5 nitrogen and oxygen atoms in total. The van der Waals surface area contributed by atoms with Gasteiger partial charge in [0.2, 0.25) is 5.88 Å². The van der Waals surface area contributed by atoms with Gasteiger partial charge in [-0.2, -0.15) is 0 Å². The zero-order chi connectivity index (χ0) is 20.4. The third-order valence-corrected chi connectivity index (χ3v) is 9.97. The largest absolute Gasteiger partial charge is 0.470 e. The first-order valence-corrected chi connectivity index (χ1v) is 12.6. The Labute approximate surface area is 172 Å². The second-order valence-corrected chi connectivity index (χ2v) is 13.5. The lowest BCUT2D eigenvalue weighted by atomic mass is 10.2. The van der Waals surface area contributed by atoms with Gasteiger partial charge in [0.25, 0.3) is 0 Å². The Morgan fingerprint density at radius 3 is 2.21 bits per heavy atom. The number of halogens is 1. The molecule has 2 aromatic heterocycles. The second-order valence-electron chi connectivity index (χ2n) is 8.30. The van der Waals surface area contributed by atoms with Crippen LogP contribution in [0.1, 0.15) is 32.2 Å². The van der Waals surface area contributed by atoms with Crippen molar-refractivity contribution in [3.8, 4) is 5.88 Å². The first-order chi connectivity index (χ1) is 13.2. The Balaban J connectivity index is 1.70. The first-order valence-electron chi connectivity index (χ1n) is 9.30. The lowest BCUT2D eigenvalue weighted by Gasteiger charge is -2.36. The quantitative estimate of drug-likeness (QED) is 0.477. The van der Waals surface area contributed by atoms with E-state index in [-0.39, 0.29) is 5.04 Å². The van der Waals surface area contributed by atoms with Gasteiger partial charge in [0.1, 0.15) is 6.61 Å². The maximum Gasteiger partial charge on any atom is 0.241 e. The van der Waals surface area contributed by atoms with Gasteiger partial charge in [-0.05, 0) is 36.3 Å². The Morgan fingerprint density at radius 2 is 1.54 bits per heavy atom. The number of aromatic nitrogens is 3. The summed E-state index contributed by atoms with van der Waals surface area (Å²) in [7, 11) is -1.81. The maximum absolute atomic E-state index is 6.27. The molecule has 0 aliphatic rings. The Morgan fingerprint density at radius 1 is 0.893 bits per heavy atom. The highest BCUT2D eigenvalue weighted by Gasteiger charge is 2.37. The summed E-state index contributed by atoms with van der Waals surface area (Å²) in [5, 5.41) is 10.2. The minimum Gasteiger partial charge on any atom is -0.470 e. The maximum atomic E-state index is 6.27. The molecular weight excluding hydrogens is 390 g/mol. The van der Waals surface area contributed by atoms with E-state index in [2.05, 4.69) is 49.0 Å². The average Bonchev–Trinajstić information content (AvgIpc) is 2.66. The zero-order valence-corrected chi connectivity index (χ0v) is 18.7. The van der Waals surface area contributed by atoms with E-state index >= 15 is 0 Å². The highest BCUT2D eigenvalue weighted by atomic mass is 35.5. The van der Waals surface area contributed by atoms with E-state index in [4.69, 9.17) is 20.8 Å². The standard InChI is InChI=1S/C21H26ClN3O2Si/c1-21(2,3)28(4,5)27-14-16-10-8-9-15(23-16)13-26-20-18-12-7-6-11-17(18)19(22)24-25-20/h6-12H,13-14H2,1-5H3. The summed E-state index contributed by atoms with van der Waals surface area (Å²) in [6.07, 6.45) is 0. The van der Waals surface area contributed by atoms with Crippen molar-refractivity contribution in [3.63, 3.8) is 0 Å². The fourth-order valence-corrected chi connectivity index (χ4v) is 3.60. The molecule has 0 saturated carbocycles. The van der Waals surface area contributed by atoms with Gasteiger partial charge in [0, 0.05) is 10.8 Å². The predicted molar refractivity (Wildman–Crippen MR) is 115 cm³/mol. The fourth-order valence-electron chi connectivity index (χ4n) is 2.46. The number of ether oxygens (including phenoxy) is 1. The number of hydrogen-bond donors (Lipinski definition) is 0. The summed E-state index contributed by atoms with van der Waals surface area (Å²) >= 11 is 6.12. The Kier molecular flexibility index (Phi) is 6.03. The van der Waals surface area contributed by atoms with Crippen molar-refractivity contribution in [2.24, 2.45) is 0 Å². The van der Waals surface area contributed by atoms with Crippen molar-refractivity contribution in [3.05, 3.63) is 59.0 Å². The SMILES string of the molecule is CC(C)(C)[Si](C)(C)OCc1cccc(COc2nnc(Cl)c3ccccc23)n1. The molecule has 0 radical (unpaired) electrons. The van der Waals surface area contributed by atoms with Gasteiger partial charge in [-0.25, -0.2) is 0 Å². The zero-order valence-electron chi connectivity index (χ0n) is 17.0. The summed E-state index contributed by atoms with van der Waals surface area (Å²) in [4.78, 5) is 4.67. The number of nitrogens with zero attached hydrogens (tertiary/aromatic N) is 3. The highest BCUT2D eigenvalue weighted by Crippen LogP contribution is 2.37. The van der Waals surface area contributed by atoms with Crippen LogP contribution >= 0.6 is 11.6 Å². The molecule has 0 bridgehead atoms. The summed E-state index contributed by atoms with van der Waals surface area (Å²) in [6, 6.07) is 13.5. The third-order valence-electron chi connectivity index (χ3n) is 5.22. The van der Waals surface area contributed by atoms with Crippen LogP contribution < -0.4 is 4.74 Å². The second kappa shape index (κ2) is 8.15. The van der Waals surface area contributed by atoms with E-state index in [1.54, 1.807) is 0 Å². The molecule has 0 amide bonds. The van der Waals surface area contributed by atoms with E-state index < -0.39 is 8.32 Å². The van der Waals surface area contributed by atoms with Gasteiger partial charge in [-0.3, -0.25) is 4.98 Å². The van der Waals surface area contributed by atoms with Gasteiger partial charge >= 0.3 is 0 Å². The molecule has 7 heteroatoms. The van der Waals surface area contributed by atoms with E-state index in [0.717, 1.165) is 22.2 Å². The van der Waals surface area contributed by atoms with Gasteiger partial charge in [0.15, 0.2) is 13.5 Å². The number of fused-ring (bicyclic) bond motifs is 1. The number of benzene rings is 1. The van der Waals surface area contributed by atoms with Crippen LogP contribution in [0.15, 0.2) is 42.5 Å². The molecule has 3 aromatic rings. The van der Waals surface area contributed by atoms with Gasteiger partial charge in [-0.1, -0.05) is 56.6 Å². The van der Waals surface area contributed by atoms with E-state index in [9.17, 15) is 0 Å². The van der Waals surface area contributed by atoms with Crippen LogP contribution in [0.25, 0.3) is 10.8 Å². The molecule has 0 aliphatic heterocycles. The number of rotatable bonds is 6.